The van der Waals surface area contributed by atoms with Crippen molar-refractivity contribution in [2.24, 2.45) is 5.92 Å². The van der Waals surface area contributed by atoms with E-state index in [1.54, 1.807) is 0 Å². The molecule has 0 amide bonds. The Bertz CT molecular complexity index is 588. The number of H-pyrrole nitrogens is 1. The SMILES string of the molecule is CC(C)COCCn1c(=S)[nH]c2cc(Br)ccc21. The highest BCUT2D eigenvalue weighted by Crippen LogP contribution is 2.19. The van der Waals surface area contributed by atoms with Gasteiger partial charge in [0.05, 0.1) is 17.6 Å². The van der Waals surface area contributed by atoms with Crippen LogP contribution >= 0.6 is 28.1 Å². The van der Waals surface area contributed by atoms with Gasteiger partial charge in [0.25, 0.3) is 0 Å². The second kappa shape index (κ2) is 5.99. The van der Waals surface area contributed by atoms with Crippen LogP contribution in [0.2, 0.25) is 0 Å². The first-order valence-corrected chi connectivity index (χ1v) is 7.24. The highest BCUT2D eigenvalue weighted by Gasteiger charge is 2.04. The molecule has 0 fully saturated rings. The minimum atomic E-state index is 0.567. The number of fused-ring (bicyclic) bond motifs is 1. The second-order valence-corrected chi connectivity index (χ2v) is 6.01. The molecule has 1 heterocycles. The molecular formula is C13H17BrN2OS. The first-order valence-electron chi connectivity index (χ1n) is 6.03. The molecule has 0 saturated heterocycles. The highest BCUT2D eigenvalue weighted by molar-refractivity contribution is 9.10. The fourth-order valence-corrected chi connectivity index (χ4v) is 2.49. The number of nitrogens with zero attached hydrogens (tertiary/aromatic N) is 1. The standard InChI is InChI=1S/C13H17BrN2OS/c1-9(2)8-17-6-5-16-12-4-3-10(14)7-11(12)15-13(16)18/h3-4,7,9H,5-6,8H2,1-2H3,(H,15,18). The third kappa shape index (κ3) is 3.22. The van der Waals surface area contributed by atoms with Crippen LogP contribution in [-0.2, 0) is 11.3 Å². The number of imidazole rings is 1. The van der Waals surface area contributed by atoms with Gasteiger partial charge in [-0.15, -0.1) is 0 Å². The van der Waals surface area contributed by atoms with Crippen LogP contribution in [0.15, 0.2) is 22.7 Å². The number of hydrogen-bond donors (Lipinski definition) is 1. The largest absolute Gasteiger partial charge is 0.379 e. The zero-order valence-corrected chi connectivity index (χ0v) is 13.0. The molecule has 2 aromatic rings. The van der Waals surface area contributed by atoms with Gasteiger partial charge in [0.2, 0.25) is 0 Å². The number of nitrogens with one attached hydrogen (secondary N) is 1. The lowest BCUT2D eigenvalue weighted by molar-refractivity contribution is 0.103. The predicted molar refractivity (Wildman–Crippen MR) is 80.5 cm³/mol. The molecular weight excluding hydrogens is 312 g/mol. The topological polar surface area (TPSA) is 29.9 Å². The summed E-state index contributed by atoms with van der Waals surface area (Å²) >= 11 is 8.79. The number of hydrogen-bond acceptors (Lipinski definition) is 2. The van der Waals surface area contributed by atoms with Crippen LogP contribution in [0.5, 0.6) is 0 Å². The van der Waals surface area contributed by atoms with Gasteiger partial charge < -0.3 is 14.3 Å². The van der Waals surface area contributed by atoms with Gasteiger partial charge in [0.15, 0.2) is 4.77 Å². The molecule has 0 aliphatic carbocycles. The molecule has 0 aliphatic heterocycles. The quantitative estimate of drug-likeness (QED) is 0.660. The maximum absolute atomic E-state index is 5.61. The maximum atomic E-state index is 5.61. The summed E-state index contributed by atoms with van der Waals surface area (Å²) in [6.07, 6.45) is 0. The van der Waals surface area contributed by atoms with Gasteiger partial charge in [-0.05, 0) is 36.3 Å². The Morgan fingerprint density at radius 2 is 2.22 bits per heavy atom. The molecule has 18 heavy (non-hydrogen) atoms. The summed E-state index contributed by atoms with van der Waals surface area (Å²) in [5, 5.41) is 0. The molecule has 0 bridgehead atoms. The van der Waals surface area contributed by atoms with Crippen molar-refractivity contribution in [2.75, 3.05) is 13.2 Å². The molecule has 0 atom stereocenters. The molecule has 0 saturated carbocycles. The van der Waals surface area contributed by atoms with Crippen LogP contribution in [0.25, 0.3) is 11.0 Å². The third-order valence-corrected chi connectivity index (χ3v) is 3.46. The Balaban J connectivity index is 2.13. The van der Waals surface area contributed by atoms with Crippen molar-refractivity contribution in [1.82, 2.24) is 9.55 Å². The smallest absolute Gasteiger partial charge is 0.178 e. The van der Waals surface area contributed by atoms with Crippen molar-refractivity contribution in [1.29, 1.82) is 0 Å². The van der Waals surface area contributed by atoms with Crippen LogP contribution in [0, 0.1) is 10.7 Å². The van der Waals surface area contributed by atoms with E-state index in [0.29, 0.717) is 12.5 Å². The van der Waals surface area contributed by atoms with Gasteiger partial charge in [0, 0.05) is 17.6 Å². The fraction of sp³-hybridized carbons (Fsp3) is 0.462. The van der Waals surface area contributed by atoms with Gasteiger partial charge in [-0.3, -0.25) is 0 Å². The first-order chi connectivity index (χ1) is 8.58. The van der Waals surface area contributed by atoms with E-state index < -0.39 is 0 Å². The summed E-state index contributed by atoms with van der Waals surface area (Å²) in [6, 6.07) is 6.13. The van der Waals surface area contributed by atoms with Crippen LogP contribution in [0.1, 0.15) is 13.8 Å². The monoisotopic (exact) mass is 328 g/mol. The summed E-state index contributed by atoms with van der Waals surface area (Å²) in [5.74, 6) is 0.567. The van der Waals surface area contributed by atoms with E-state index in [-0.39, 0.29) is 0 Å². The highest BCUT2D eigenvalue weighted by atomic mass is 79.9. The van der Waals surface area contributed by atoms with Crippen LogP contribution in [0.3, 0.4) is 0 Å². The van der Waals surface area contributed by atoms with Crippen molar-refractivity contribution in [3.63, 3.8) is 0 Å². The van der Waals surface area contributed by atoms with Crippen molar-refractivity contribution in [2.45, 2.75) is 20.4 Å². The molecule has 0 aliphatic rings. The number of aromatic nitrogens is 2. The number of rotatable bonds is 5. The summed E-state index contributed by atoms with van der Waals surface area (Å²) in [6.45, 7) is 6.56. The maximum Gasteiger partial charge on any atom is 0.178 e. The van der Waals surface area contributed by atoms with E-state index in [1.807, 2.05) is 12.1 Å². The molecule has 1 N–H and O–H groups in total. The third-order valence-electron chi connectivity index (χ3n) is 2.65. The fourth-order valence-electron chi connectivity index (χ4n) is 1.83. The second-order valence-electron chi connectivity index (χ2n) is 4.71. The van der Waals surface area contributed by atoms with Crippen LogP contribution in [0.4, 0.5) is 0 Å². The van der Waals surface area contributed by atoms with E-state index in [4.69, 9.17) is 17.0 Å². The minimum Gasteiger partial charge on any atom is -0.379 e. The van der Waals surface area contributed by atoms with E-state index >= 15 is 0 Å². The average Bonchev–Trinajstić information content (AvgIpc) is 2.59. The zero-order valence-electron chi connectivity index (χ0n) is 10.6. The van der Waals surface area contributed by atoms with Gasteiger partial charge in [-0.25, -0.2) is 0 Å². The Kier molecular flexibility index (Phi) is 4.59. The Morgan fingerprint density at radius 1 is 1.44 bits per heavy atom. The van der Waals surface area contributed by atoms with E-state index in [0.717, 1.165) is 33.4 Å². The normalized spacial score (nSPS) is 11.6. The lowest BCUT2D eigenvalue weighted by Crippen LogP contribution is -2.09. The summed E-state index contributed by atoms with van der Waals surface area (Å²) < 4.78 is 9.48. The molecule has 0 unspecified atom stereocenters. The molecule has 3 nitrogen and oxygen atoms in total. The average molecular weight is 329 g/mol. The summed E-state index contributed by atoms with van der Waals surface area (Å²) in [4.78, 5) is 3.21. The number of aromatic amines is 1. The lowest BCUT2D eigenvalue weighted by atomic mass is 10.2. The molecule has 0 spiro atoms. The van der Waals surface area contributed by atoms with E-state index in [9.17, 15) is 0 Å². The van der Waals surface area contributed by atoms with Crippen molar-refractivity contribution in [3.05, 3.63) is 27.4 Å². The summed E-state index contributed by atoms with van der Waals surface area (Å²) in [7, 11) is 0. The lowest BCUT2D eigenvalue weighted by Gasteiger charge is -2.08. The molecule has 2 rings (SSSR count). The number of benzene rings is 1. The van der Waals surface area contributed by atoms with Gasteiger partial charge in [0.1, 0.15) is 0 Å². The molecule has 0 radical (unpaired) electrons. The Hall–Kier alpha value is -0.650. The van der Waals surface area contributed by atoms with Crippen molar-refractivity contribution < 1.29 is 4.74 Å². The van der Waals surface area contributed by atoms with Gasteiger partial charge >= 0.3 is 0 Å². The van der Waals surface area contributed by atoms with E-state index in [1.165, 1.54) is 0 Å². The van der Waals surface area contributed by atoms with Crippen LogP contribution in [-0.4, -0.2) is 22.8 Å². The predicted octanol–water partition coefficient (Wildman–Crippen LogP) is 4.13. The van der Waals surface area contributed by atoms with Crippen molar-refractivity contribution >= 4 is 39.2 Å². The molecule has 98 valence electrons. The minimum absolute atomic E-state index is 0.567. The van der Waals surface area contributed by atoms with Gasteiger partial charge in [-0.1, -0.05) is 29.8 Å². The Morgan fingerprint density at radius 3 is 2.94 bits per heavy atom. The molecule has 1 aromatic carbocycles. The molecule has 5 heteroatoms. The number of halogens is 1. The van der Waals surface area contributed by atoms with Crippen molar-refractivity contribution in [3.8, 4) is 0 Å². The van der Waals surface area contributed by atoms with Gasteiger partial charge in [-0.2, -0.15) is 0 Å². The Labute approximate surface area is 120 Å². The zero-order chi connectivity index (χ0) is 13.1. The number of ether oxygens (including phenoxy) is 1. The van der Waals surface area contributed by atoms with Crippen LogP contribution < -0.4 is 0 Å². The molecule has 1 aromatic heterocycles. The van der Waals surface area contributed by atoms with E-state index in [2.05, 4.69) is 45.4 Å². The first kappa shape index (κ1) is 13.8. The summed E-state index contributed by atoms with van der Waals surface area (Å²) in [5.41, 5.74) is 2.18.